The third-order valence-corrected chi connectivity index (χ3v) is 5.41. The second kappa shape index (κ2) is 13.4. The molecule has 0 fully saturated rings. The first-order valence-electron chi connectivity index (χ1n) is 12.0. The lowest BCUT2D eigenvalue weighted by Gasteiger charge is -2.07. The molecule has 0 heterocycles. The second-order valence-corrected chi connectivity index (χ2v) is 8.37. The third-order valence-electron chi connectivity index (χ3n) is 5.41. The molecule has 7 heteroatoms. The number of nitriles is 1. The number of benzene rings is 3. The van der Waals surface area contributed by atoms with E-state index < -0.39 is 17.8 Å². The fourth-order valence-corrected chi connectivity index (χ4v) is 3.29. The van der Waals surface area contributed by atoms with Gasteiger partial charge in [-0.05, 0) is 73.5 Å². The summed E-state index contributed by atoms with van der Waals surface area (Å²) in [7, 11) is 0. The van der Waals surface area contributed by atoms with E-state index in [9.17, 15) is 19.6 Å². The molecule has 0 spiro atoms. The quantitative estimate of drug-likeness (QED) is 0.119. The Bertz CT molecular complexity index is 1300. The molecule has 3 aromatic rings. The highest BCUT2D eigenvalue weighted by atomic mass is 16.5. The van der Waals surface area contributed by atoms with Crippen LogP contribution < -0.4 is 10.1 Å². The van der Waals surface area contributed by atoms with Gasteiger partial charge in [0.1, 0.15) is 17.4 Å². The number of rotatable bonds is 10. The van der Waals surface area contributed by atoms with Crippen LogP contribution in [0.5, 0.6) is 5.75 Å². The maximum Gasteiger partial charge on any atom is 0.343 e. The van der Waals surface area contributed by atoms with Crippen molar-refractivity contribution in [2.45, 2.75) is 33.1 Å². The van der Waals surface area contributed by atoms with E-state index in [1.807, 2.05) is 25.1 Å². The number of carbonyl (C=O) groups excluding carboxylic acids is 3. The SMILES string of the molecule is CCCCCOC(=O)c1ccc(NC(=O)/C(C#N)=C/c2ccc(OC(=O)c3ccc(C)cc3)cc2)cc1. The summed E-state index contributed by atoms with van der Waals surface area (Å²) in [4.78, 5) is 36.9. The Kier molecular flexibility index (Phi) is 9.74. The number of aryl methyl sites for hydroxylation is 1. The van der Waals surface area contributed by atoms with Crippen molar-refractivity contribution < 1.29 is 23.9 Å². The first-order chi connectivity index (χ1) is 17.9. The number of nitrogens with one attached hydrogen (secondary N) is 1. The molecule has 7 nitrogen and oxygen atoms in total. The summed E-state index contributed by atoms with van der Waals surface area (Å²) in [5.41, 5.74) is 2.78. The van der Waals surface area contributed by atoms with Crippen LogP contribution in [0.4, 0.5) is 5.69 Å². The highest BCUT2D eigenvalue weighted by Gasteiger charge is 2.12. The molecule has 3 rings (SSSR count). The number of esters is 2. The topological polar surface area (TPSA) is 105 Å². The number of nitrogens with zero attached hydrogens (tertiary/aromatic N) is 1. The molecule has 188 valence electrons. The van der Waals surface area contributed by atoms with Crippen LogP contribution in [0.15, 0.2) is 78.4 Å². The zero-order chi connectivity index (χ0) is 26.6. The van der Waals surface area contributed by atoms with Crippen LogP contribution >= 0.6 is 0 Å². The van der Waals surface area contributed by atoms with E-state index in [1.165, 1.54) is 6.08 Å². The number of ether oxygens (including phenoxy) is 2. The van der Waals surface area contributed by atoms with Gasteiger partial charge in [-0.3, -0.25) is 4.79 Å². The van der Waals surface area contributed by atoms with Crippen molar-refractivity contribution in [3.63, 3.8) is 0 Å². The molecule has 3 aromatic carbocycles. The molecule has 0 radical (unpaired) electrons. The maximum atomic E-state index is 12.6. The predicted molar refractivity (Wildman–Crippen MR) is 141 cm³/mol. The lowest BCUT2D eigenvalue weighted by molar-refractivity contribution is -0.112. The van der Waals surface area contributed by atoms with Gasteiger partial charge in [0.25, 0.3) is 5.91 Å². The van der Waals surface area contributed by atoms with Crippen LogP contribution in [0.3, 0.4) is 0 Å². The van der Waals surface area contributed by atoms with E-state index >= 15 is 0 Å². The van der Waals surface area contributed by atoms with E-state index in [1.54, 1.807) is 60.7 Å². The van der Waals surface area contributed by atoms with E-state index in [2.05, 4.69) is 12.2 Å². The normalized spacial score (nSPS) is 10.8. The zero-order valence-corrected chi connectivity index (χ0v) is 20.8. The number of hydrogen-bond donors (Lipinski definition) is 1. The van der Waals surface area contributed by atoms with Gasteiger partial charge < -0.3 is 14.8 Å². The number of hydrogen-bond acceptors (Lipinski definition) is 6. The summed E-state index contributed by atoms with van der Waals surface area (Å²) in [6.07, 6.45) is 4.29. The molecule has 0 aliphatic heterocycles. The highest BCUT2D eigenvalue weighted by Crippen LogP contribution is 2.18. The van der Waals surface area contributed by atoms with Crippen LogP contribution in [-0.4, -0.2) is 24.5 Å². The Balaban J connectivity index is 1.58. The minimum Gasteiger partial charge on any atom is -0.462 e. The Hall–Kier alpha value is -4.70. The summed E-state index contributed by atoms with van der Waals surface area (Å²) < 4.78 is 10.6. The van der Waals surface area contributed by atoms with Gasteiger partial charge in [0, 0.05) is 5.69 Å². The van der Waals surface area contributed by atoms with E-state index in [-0.39, 0.29) is 5.57 Å². The average Bonchev–Trinajstić information content (AvgIpc) is 2.91. The number of unbranched alkanes of at least 4 members (excludes halogenated alkanes) is 2. The van der Waals surface area contributed by atoms with Crippen LogP contribution in [-0.2, 0) is 9.53 Å². The summed E-state index contributed by atoms with van der Waals surface area (Å²) in [6, 6.07) is 21.7. The van der Waals surface area contributed by atoms with Crippen molar-refractivity contribution in [2.24, 2.45) is 0 Å². The van der Waals surface area contributed by atoms with Crippen LogP contribution in [0, 0.1) is 18.3 Å². The number of carbonyl (C=O) groups is 3. The fraction of sp³-hybridized carbons (Fsp3) is 0.200. The van der Waals surface area contributed by atoms with Crippen LogP contribution in [0.2, 0.25) is 0 Å². The number of anilines is 1. The molecule has 0 atom stereocenters. The molecule has 37 heavy (non-hydrogen) atoms. The van der Waals surface area contributed by atoms with Crippen molar-refractivity contribution >= 4 is 29.6 Å². The Morgan fingerprint density at radius 1 is 0.865 bits per heavy atom. The fourth-order valence-electron chi connectivity index (χ4n) is 3.29. The molecule has 0 saturated heterocycles. The molecule has 0 aliphatic carbocycles. The monoisotopic (exact) mass is 496 g/mol. The summed E-state index contributed by atoms with van der Waals surface area (Å²) in [5.74, 6) is -1.14. The zero-order valence-electron chi connectivity index (χ0n) is 20.8. The lowest BCUT2D eigenvalue weighted by atomic mass is 10.1. The molecule has 1 amide bonds. The Morgan fingerprint density at radius 3 is 2.11 bits per heavy atom. The van der Waals surface area contributed by atoms with Gasteiger partial charge >= 0.3 is 11.9 Å². The predicted octanol–water partition coefficient (Wildman–Crippen LogP) is 6.11. The van der Waals surface area contributed by atoms with Gasteiger partial charge in [-0.1, -0.05) is 49.6 Å². The van der Waals surface area contributed by atoms with Gasteiger partial charge in [-0.2, -0.15) is 5.26 Å². The highest BCUT2D eigenvalue weighted by molar-refractivity contribution is 6.09. The van der Waals surface area contributed by atoms with Gasteiger partial charge in [0.05, 0.1) is 17.7 Å². The van der Waals surface area contributed by atoms with Gasteiger partial charge in [0.15, 0.2) is 0 Å². The molecule has 1 N–H and O–H groups in total. The van der Waals surface area contributed by atoms with E-state index in [0.717, 1.165) is 24.8 Å². The summed E-state index contributed by atoms with van der Waals surface area (Å²) in [6.45, 7) is 4.38. The maximum absolute atomic E-state index is 12.6. The minimum absolute atomic E-state index is 0.108. The first kappa shape index (κ1) is 26.9. The molecular weight excluding hydrogens is 468 g/mol. The van der Waals surface area contributed by atoms with E-state index in [4.69, 9.17) is 9.47 Å². The minimum atomic E-state index is -0.590. The lowest BCUT2D eigenvalue weighted by Crippen LogP contribution is -2.13. The van der Waals surface area contributed by atoms with Crippen molar-refractivity contribution in [1.82, 2.24) is 0 Å². The van der Waals surface area contributed by atoms with Crippen molar-refractivity contribution in [3.8, 4) is 11.8 Å². The smallest absolute Gasteiger partial charge is 0.343 e. The van der Waals surface area contributed by atoms with Gasteiger partial charge in [-0.25, -0.2) is 9.59 Å². The van der Waals surface area contributed by atoms with Crippen LogP contribution in [0.25, 0.3) is 6.08 Å². The number of amides is 1. The summed E-state index contributed by atoms with van der Waals surface area (Å²) >= 11 is 0. The molecule has 0 saturated carbocycles. The van der Waals surface area contributed by atoms with Crippen molar-refractivity contribution in [3.05, 3.63) is 101 Å². The van der Waals surface area contributed by atoms with Gasteiger partial charge in [-0.15, -0.1) is 0 Å². The molecule has 0 aliphatic rings. The molecular formula is C30H28N2O5. The first-order valence-corrected chi connectivity index (χ1v) is 12.0. The Morgan fingerprint density at radius 2 is 1.49 bits per heavy atom. The molecule has 0 bridgehead atoms. The summed E-state index contributed by atoms with van der Waals surface area (Å²) in [5, 5.41) is 12.1. The van der Waals surface area contributed by atoms with Crippen LogP contribution in [0.1, 0.15) is 58.0 Å². The van der Waals surface area contributed by atoms with E-state index in [0.29, 0.717) is 34.7 Å². The van der Waals surface area contributed by atoms with Crippen molar-refractivity contribution in [2.75, 3.05) is 11.9 Å². The van der Waals surface area contributed by atoms with Crippen molar-refractivity contribution in [1.29, 1.82) is 5.26 Å². The molecule has 0 unspecified atom stereocenters. The largest absolute Gasteiger partial charge is 0.462 e. The standard InChI is InChI=1S/C30H28N2O5/c1-3-4-5-18-36-29(34)23-12-14-26(15-13-23)32-28(33)25(20-31)19-22-8-16-27(17-9-22)37-30(35)24-10-6-21(2)7-11-24/h6-17,19H,3-5,18H2,1-2H3,(H,32,33)/b25-19+. The Labute approximate surface area is 216 Å². The average molecular weight is 497 g/mol. The third kappa shape index (κ3) is 8.18. The van der Waals surface area contributed by atoms with Gasteiger partial charge in [0.2, 0.25) is 0 Å². The molecule has 0 aromatic heterocycles. The second-order valence-electron chi connectivity index (χ2n) is 8.37.